The van der Waals surface area contributed by atoms with Crippen LogP contribution < -0.4 is 9.80 Å². The van der Waals surface area contributed by atoms with E-state index in [2.05, 4.69) is 12.2 Å². The number of nitrogens with zero attached hydrogens (tertiary/aromatic N) is 1. The molecule has 1 amide bonds. The van der Waals surface area contributed by atoms with Gasteiger partial charge in [0.2, 0.25) is 0 Å². The number of carboxylic acid groups (broad SMARTS) is 1. The molecule has 5 heteroatoms. The second-order valence-electron chi connectivity index (χ2n) is 8.63. The van der Waals surface area contributed by atoms with E-state index in [1.165, 1.54) is 77.0 Å². The van der Waals surface area contributed by atoms with Crippen molar-refractivity contribution in [1.29, 1.82) is 5.41 Å². The van der Waals surface area contributed by atoms with Gasteiger partial charge in [0.15, 0.2) is 0 Å². The highest BCUT2D eigenvalue weighted by Gasteiger charge is 2.32. The summed E-state index contributed by atoms with van der Waals surface area (Å²) in [5.41, 5.74) is 0.936. The molecular weight excluding hydrogens is 374 g/mol. The van der Waals surface area contributed by atoms with Crippen LogP contribution >= 0.6 is 0 Å². The smallest absolute Gasteiger partial charge is 0.414 e. The second-order valence-corrected chi connectivity index (χ2v) is 8.63. The summed E-state index contributed by atoms with van der Waals surface area (Å²) < 4.78 is 0.186. The Hall–Kier alpha value is -1.88. The minimum atomic E-state index is -1.18. The van der Waals surface area contributed by atoms with Crippen LogP contribution in [0.4, 0.5) is 10.5 Å². The number of hydrogen-bond donors (Lipinski definition) is 3. The van der Waals surface area contributed by atoms with Gasteiger partial charge in [0, 0.05) is 0 Å². The van der Waals surface area contributed by atoms with Gasteiger partial charge in [-0.05, 0) is 25.0 Å². The Balaban J connectivity index is 2.19. The minimum absolute atomic E-state index is 0.00314. The highest BCUT2D eigenvalue weighted by atomic mass is 16.4. The van der Waals surface area contributed by atoms with Crippen LogP contribution in [0.15, 0.2) is 30.3 Å². The molecule has 0 spiro atoms. The van der Waals surface area contributed by atoms with E-state index in [4.69, 9.17) is 10.5 Å². The molecule has 0 aliphatic heterocycles. The molecule has 1 aromatic carbocycles. The van der Waals surface area contributed by atoms with E-state index in [9.17, 15) is 4.79 Å². The SMILES string of the molecule is CCCCCCCCCCCCCCCC[N+](C)(C(=N)NC(=O)O)c1ccccc1. The van der Waals surface area contributed by atoms with Crippen LogP contribution in [0.25, 0.3) is 0 Å². The zero-order valence-corrected chi connectivity index (χ0v) is 19.3. The summed E-state index contributed by atoms with van der Waals surface area (Å²) in [6, 6.07) is 9.73. The normalized spacial score (nSPS) is 13.0. The summed E-state index contributed by atoms with van der Waals surface area (Å²) >= 11 is 0. The molecule has 0 saturated heterocycles. The molecule has 1 unspecified atom stereocenters. The predicted molar refractivity (Wildman–Crippen MR) is 128 cm³/mol. The van der Waals surface area contributed by atoms with Gasteiger partial charge in [0.25, 0.3) is 0 Å². The first-order valence-electron chi connectivity index (χ1n) is 12.0. The van der Waals surface area contributed by atoms with E-state index in [1.807, 2.05) is 37.4 Å². The van der Waals surface area contributed by atoms with Crippen molar-refractivity contribution in [3.63, 3.8) is 0 Å². The van der Waals surface area contributed by atoms with Gasteiger partial charge in [0.1, 0.15) is 5.69 Å². The van der Waals surface area contributed by atoms with E-state index in [0.29, 0.717) is 0 Å². The molecule has 1 aromatic rings. The lowest BCUT2D eigenvalue weighted by atomic mass is 10.0. The number of quaternary nitrogens is 1. The number of para-hydroxylation sites is 1. The van der Waals surface area contributed by atoms with E-state index in [1.54, 1.807) is 0 Å². The Labute approximate surface area is 184 Å². The number of guanidine groups is 1. The van der Waals surface area contributed by atoms with Crippen LogP contribution in [-0.2, 0) is 0 Å². The summed E-state index contributed by atoms with van der Waals surface area (Å²) in [5.74, 6) is 0.00314. The van der Waals surface area contributed by atoms with E-state index in [-0.39, 0.29) is 10.4 Å². The molecule has 0 fully saturated rings. The van der Waals surface area contributed by atoms with Gasteiger partial charge in [-0.25, -0.2) is 20.0 Å². The third-order valence-corrected chi connectivity index (χ3v) is 6.00. The maximum Gasteiger partial charge on any atom is 0.414 e. The van der Waals surface area contributed by atoms with Crippen LogP contribution in [0.1, 0.15) is 96.8 Å². The molecule has 0 saturated carbocycles. The third kappa shape index (κ3) is 10.8. The number of benzene rings is 1. The first kappa shape index (κ1) is 26.2. The molecule has 0 aromatic heterocycles. The van der Waals surface area contributed by atoms with Crippen molar-refractivity contribution >= 4 is 17.7 Å². The first-order valence-corrected chi connectivity index (χ1v) is 12.0. The Morgan fingerprint density at radius 1 is 0.833 bits per heavy atom. The highest BCUT2D eigenvalue weighted by Crippen LogP contribution is 2.22. The quantitative estimate of drug-likeness (QED) is 0.114. The van der Waals surface area contributed by atoms with E-state index >= 15 is 0 Å². The van der Waals surface area contributed by atoms with Crippen molar-refractivity contribution in [3.05, 3.63) is 30.3 Å². The Kier molecular flexibility index (Phi) is 13.9. The van der Waals surface area contributed by atoms with Gasteiger partial charge in [-0.3, -0.25) is 0 Å². The van der Waals surface area contributed by atoms with Crippen LogP contribution in [0.3, 0.4) is 0 Å². The standard InChI is InChI=1S/C25H43N3O2/c1-3-4-5-6-7-8-9-10-11-12-13-14-15-19-22-28(2,24(26)27-25(29)30)23-20-17-16-18-21-23/h16-18,20-21H,3-15,19,22H2,1-2H3,(H2-,26,27,29,30)/p+1. The average Bonchev–Trinajstić information content (AvgIpc) is 2.74. The number of unbranched alkanes of at least 4 members (excludes halogenated alkanes) is 13. The monoisotopic (exact) mass is 418 g/mol. The minimum Gasteiger partial charge on any atom is -0.465 e. The molecule has 0 bridgehead atoms. The van der Waals surface area contributed by atoms with Crippen LogP contribution in [0, 0.1) is 5.41 Å². The number of amides is 1. The first-order chi connectivity index (χ1) is 14.5. The van der Waals surface area contributed by atoms with Gasteiger partial charge in [-0.2, -0.15) is 0 Å². The number of nitrogens with one attached hydrogen (secondary N) is 2. The van der Waals surface area contributed by atoms with Gasteiger partial charge in [-0.15, -0.1) is 0 Å². The van der Waals surface area contributed by atoms with Gasteiger partial charge < -0.3 is 5.11 Å². The molecule has 0 radical (unpaired) electrons. The summed E-state index contributed by atoms with van der Waals surface area (Å²) in [5, 5.41) is 19.5. The Bertz CT molecular complexity index is 591. The highest BCUT2D eigenvalue weighted by molar-refractivity contribution is 5.97. The largest absolute Gasteiger partial charge is 0.465 e. The second kappa shape index (κ2) is 15.9. The molecule has 170 valence electrons. The molecule has 0 aliphatic carbocycles. The summed E-state index contributed by atoms with van der Waals surface area (Å²) in [4.78, 5) is 11.0. The lowest BCUT2D eigenvalue weighted by Gasteiger charge is -2.32. The van der Waals surface area contributed by atoms with Crippen molar-refractivity contribution in [1.82, 2.24) is 9.80 Å². The fourth-order valence-corrected chi connectivity index (χ4v) is 3.97. The molecule has 0 aliphatic rings. The van der Waals surface area contributed by atoms with Gasteiger partial charge in [0.05, 0.1) is 13.6 Å². The Morgan fingerprint density at radius 2 is 1.27 bits per heavy atom. The fourth-order valence-electron chi connectivity index (χ4n) is 3.97. The number of hydrogen-bond acceptors (Lipinski definition) is 2. The summed E-state index contributed by atoms with van der Waals surface area (Å²) in [6.07, 6.45) is 17.2. The van der Waals surface area contributed by atoms with Gasteiger partial charge >= 0.3 is 12.1 Å². The summed E-state index contributed by atoms with van der Waals surface area (Å²) in [7, 11) is 1.91. The third-order valence-electron chi connectivity index (χ3n) is 6.00. The van der Waals surface area contributed by atoms with Crippen LogP contribution in [-0.4, -0.2) is 30.8 Å². The number of carbonyl (C=O) groups is 1. The van der Waals surface area contributed by atoms with Crippen molar-refractivity contribution in [2.45, 2.75) is 96.8 Å². The van der Waals surface area contributed by atoms with Crippen LogP contribution in [0.2, 0.25) is 0 Å². The molecular formula is C25H44N3O2+. The molecule has 3 N–H and O–H groups in total. The zero-order valence-electron chi connectivity index (χ0n) is 19.3. The van der Waals surface area contributed by atoms with Gasteiger partial charge in [-0.1, -0.05) is 102 Å². The lowest BCUT2D eigenvalue weighted by molar-refractivity contribution is 0.198. The molecule has 30 heavy (non-hydrogen) atoms. The van der Waals surface area contributed by atoms with Crippen LogP contribution in [0.5, 0.6) is 0 Å². The van der Waals surface area contributed by atoms with E-state index in [0.717, 1.165) is 25.1 Å². The maximum absolute atomic E-state index is 11.0. The van der Waals surface area contributed by atoms with Crippen molar-refractivity contribution in [2.24, 2.45) is 0 Å². The zero-order chi connectivity index (χ0) is 22.1. The lowest BCUT2D eigenvalue weighted by Crippen LogP contribution is -2.57. The van der Waals surface area contributed by atoms with Crippen molar-refractivity contribution < 1.29 is 9.90 Å². The maximum atomic E-state index is 11.0. The molecule has 1 atom stereocenters. The Morgan fingerprint density at radius 3 is 1.70 bits per heavy atom. The topological polar surface area (TPSA) is 73.2 Å². The molecule has 1 rings (SSSR count). The fraction of sp³-hybridized carbons (Fsp3) is 0.680. The van der Waals surface area contributed by atoms with Crippen molar-refractivity contribution in [2.75, 3.05) is 13.6 Å². The predicted octanol–water partition coefficient (Wildman–Crippen LogP) is 7.31. The molecule has 5 nitrogen and oxygen atoms in total. The van der Waals surface area contributed by atoms with E-state index < -0.39 is 6.09 Å². The summed E-state index contributed by atoms with van der Waals surface area (Å²) in [6.45, 7) is 2.99. The average molecular weight is 419 g/mol. The number of rotatable bonds is 16. The molecule has 0 heterocycles. The van der Waals surface area contributed by atoms with Crippen molar-refractivity contribution in [3.8, 4) is 0 Å².